The first kappa shape index (κ1) is 23.6. The number of aliphatic hydroxyl groups excluding tert-OH is 1. The average Bonchev–Trinajstić information content (AvgIpc) is 2.87. The molecule has 0 bridgehead atoms. The molecule has 1 saturated heterocycles. The summed E-state index contributed by atoms with van der Waals surface area (Å²) in [5.41, 5.74) is 2.70. The number of benzene rings is 2. The molecule has 1 unspecified atom stereocenters. The summed E-state index contributed by atoms with van der Waals surface area (Å²) in [6.45, 7) is 2.82. The van der Waals surface area contributed by atoms with E-state index in [2.05, 4.69) is 25.5 Å². The molecule has 0 aliphatic carbocycles. The number of nitrogens with one attached hydrogen (secondary N) is 2. The maximum absolute atomic E-state index is 13.2. The summed E-state index contributed by atoms with van der Waals surface area (Å²) in [5.74, 6) is 0.643. The Balaban J connectivity index is 1.35. The van der Waals surface area contributed by atoms with Crippen molar-refractivity contribution in [2.45, 2.75) is 6.04 Å². The van der Waals surface area contributed by atoms with Crippen LogP contribution in [0.2, 0.25) is 10.0 Å². The second kappa shape index (κ2) is 9.87. The van der Waals surface area contributed by atoms with Crippen molar-refractivity contribution in [3.63, 3.8) is 0 Å². The van der Waals surface area contributed by atoms with Gasteiger partial charge in [0.2, 0.25) is 5.95 Å². The molecule has 9 nitrogen and oxygen atoms in total. The molecule has 2 aromatic carbocycles. The molecule has 0 saturated carbocycles. The summed E-state index contributed by atoms with van der Waals surface area (Å²) in [4.78, 5) is 27.8. The minimum absolute atomic E-state index is 0.0554. The molecule has 2 aliphatic heterocycles. The predicted octanol–water partition coefficient (Wildman–Crippen LogP) is 3.35. The molecule has 1 fully saturated rings. The van der Waals surface area contributed by atoms with Crippen LogP contribution in [0.15, 0.2) is 48.7 Å². The zero-order valence-corrected chi connectivity index (χ0v) is 20.6. The summed E-state index contributed by atoms with van der Waals surface area (Å²) >= 11 is 12.7. The first-order valence-electron chi connectivity index (χ1n) is 11.3. The van der Waals surface area contributed by atoms with E-state index < -0.39 is 0 Å². The van der Waals surface area contributed by atoms with Crippen LogP contribution in [0.3, 0.4) is 0 Å². The van der Waals surface area contributed by atoms with Crippen molar-refractivity contribution in [2.24, 2.45) is 0 Å². The minimum Gasteiger partial charge on any atom is -0.394 e. The van der Waals surface area contributed by atoms with Crippen molar-refractivity contribution in [3.05, 3.63) is 64.3 Å². The molecule has 2 aliphatic rings. The minimum atomic E-state index is -0.265. The number of hydrogen-bond donors (Lipinski definition) is 3. The first-order chi connectivity index (χ1) is 17.0. The van der Waals surface area contributed by atoms with E-state index in [9.17, 15) is 9.90 Å². The fraction of sp³-hybridized carbons (Fsp3) is 0.292. The standard InChI is InChI=1S/C24H25Cl2N7O2/c1-31-14-33(21-19(25)3-2-4-20(21)26)23(35)18-12-28-24(30-22(18)31)29-15-5-7-16(8-6-15)32-10-9-27-11-17(32)13-34/h2-8,12,17,27,34H,9-11,13-14H2,1H3,(H,28,29,30). The topological polar surface area (TPSA) is 96.9 Å². The lowest BCUT2D eigenvalue weighted by molar-refractivity contribution is 0.0982. The number of amides is 1. The third-order valence-electron chi connectivity index (χ3n) is 6.18. The van der Waals surface area contributed by atoms with Crippen molar-refractivity contribution >= 4 is 57.9 Å². The fourth-order valence-electron chi connectivity index (χ4n) is 4.41. The summed E-state index contributed by atoms with van der Waals surface area (Å²) in [7, 11) is 1.85. The molecule has 1 aromatic heterocycles. The van der Waals surface area contributed by atoms with E-state index in [1.165, 1.54) is 11.1 Å². The predicted molar refractivity (Wildman–Crippen MR) is 139 cm³/mol. The van der Waals surface area contributed by atoms with E-state index in [-0.39, 0.29) is 25.2 Å². The van der Waals surface area contributed by atoms with Gasteiger partial charge in [-0.05, 0) is 36.4 Å². The van der Waals surface area contributed by atoms with Gasteiger partial charge in [-0.3, -0.25) is 9.69 Å². The Morgan fingerprint density at radius 2 is 1.91 bits per heavy atom. The Morgan fingerprint density at radius 3 is 2.63 bits per heavy atom. The fourth-order valence-corrected chi connectivity index (χ4v) is 5.01. The van der Waals surface area contributed by atoms with Gasteiger partial charge in [-0.2, -0.15) is 4.98 Å². The van der Waals surface area contributed by atoms with Gasteiger partial charge >= 0.3 is 0 Å². The number of para-hydroxylation sites is 1. The van der Waals surface area contributed by atoms with Gasteiger partial charge in [-0.1, -0.05) is 29.3 Å². The smallest absolute Gasteiger partial charge is 0.265 e. The molecule has 182 valence electrons. The van der Waals surface area contributed by atoms with Crippen LogP contribution in [-0.4, -0.2) is 67.0 Å². The van der Waals surface area contributed by atoms with Crippen LogP contribution >= 0.6 is 23.2 Å². The summed E-state index contributed by atoms with van der Waals surface area (Å²) in [5, 5.41) is 17.0. The van der Waals surface area contributed by atoms with E-state index in [0.717, 1.165) is 31.0 Å². The lowest BCUT2D eigenvalue weighted by Crippen LogP contribution is -2.53. The maximum atomic E-state index is 13.2. The zero-order valence-electron chi connectivity index (χ0n) is 19.1. The molecule has 11 heteroatoms. The summed E-state index contributed by atoms with van der Waals surface area (Å²) in [6, 6.07) is 13.1. The van der Waals surface area contributed by atoms with E-state index >= 15 is 0 Å². The van der Waals surface area contributed by atoms with Gasteiger partial charge in [-0.25, -0.2) is 4.98 Å². The van der Waals surface area contributed by atoms with E-state index in [1.807, 2.05) is 36.2 Å². The summed E-state index contributed by atoms with van der Waals surface area (Å²) in [6.07, 6.45) is 1.52. The number of hydrogen-bond acceptors (Lipinski definition) is 8. The zero-order chi connectivity index (χ0) is 24.5. The Bertz CT molecular complexity index is 1220. The number of anilines is 5. The largest absolute Gasteiger partial charge is 0.394 e. The summed E-state index contributed by atoms with van der Waals surface area (Å²) < 4.78 is 0. The van der Waals surface area contributed by atoms with Crippen molar-refractivity contribution < 1.29 is 9.90 Å². The van der Waals surface area contributed by atoms with E-state index in [0.29, 0.717) is 33.1 Å². The normalized spacial score (nSPS) is 18.0. The lowest BCUT2D eigenvalue weighted by atomic mass is 10.1. The highest BCUT2D eigenvalue weighted by Crippen LogP contribution is 2.37. The second-order valence-corrected chi connectivity index (χ2v) is 9.29. The molecule has 3 aromatic rings. The van der Waals surface area contributed by atoms with Gasteiger partial charge in [0.05, 0.1) is 35.1 Å². The highest BCUT2D eigenvalue weighted by atomic mass is 35.5. The van der Waals surface area contributed by atoms with Crippen LogP contribution in [0, 0.1) is 0 Å². The Morgan fingerprint density at radius 1 is 1.17 bits per heavy atom. The molecule has 0 spiro atoms. The highest BCUT2D eigenvalue weighted by Gasteiger charge is 2.32. The first-order valence-corrected chi connectivity index (χ1v) is 12.0. The number of rotatable bonds is 5. The number of fused-ring (bicyclic) bond motifs is 1. The van der Waals surface area contributed by atoms with Crippen LogP contribution in [0.4, 0.5) is 28.8 Å². The molecule has 5 rings (SSSR count). The Kier molecular flexibility index (Phi) is 6.66. The van der Waals surface area contributed by atoms with Gasteiger partial charge in [0, 0.05) is 44.3 Å². The van der Waals surface area contributed by atoms with Gasteiger partial charge in [0.1, 0.15) is 11.4 Å². The van der Waals surface area contributed by atoms with Gasteiger partial charge in [0.25, 0.3) is 5.91 Å². The van der Waals surface area contributed by atoms with E-state index in [4.69, 9.17) is 23.2 Å². The van der Waals surface area contributed by atoms with E-state index in [1.54, 1.807) is 18.2 Å². The number of piperazine rings is 1. The van der Waals surface area contributed by atoms with Crippen molar-refractivity contribution in [1.82, 2.24) is 15.3 Å². The quantitative estimate of drug-likeness (QED) is 0.477. The van der Waals surface area contributed by atoms with Crippen LogP contribution in [-0.2, 0) is 0 Å². The Labute approximate surface area is 213 Å². The molecule has 1 amide bonds. The molecular weight excluding hydrogens is 489 g/mol. The number of aromatic nitrogens is 2. The lowest BCUT2D eigenvalue weighted by Gasteiger charge is -2.37. The Hall–Kier alpha value is -3.11. The maximum Gasteiger partial charge on any atom is 0.265 e. The van der Waals surface area contributed by atoms with Crippen LogP contribution in [0.5, 0.6) is 0 Å². The SMILES string of the molecule is CN1CN(c2c(Cl)cccc2Cl)C(=O)c2cnc(Nc3ccc(N4CCNCC4CO)cc3)nc21. The third kappa shape index (κ3) is 4.60. The van der Waals surface area contributed by atoms with Gasteiger partial charge in [0.15, 0.2) is 0 Å². The highest BCUT2D eigenvalue weighted by molar-refractivity contribution is 6.40. The van der Waals surface area contributed by atoms with Crippen molar-refractivity contribution in [3.8, 4) is 0 Å². The second-order valence-electron chi connectivity index (χ2n) is 8.48. The molecule has 0 radical (unpaired) electrons. The van der Waals surface area contributed by atoms with Crippen LogP contribution in [0.1, 0.15) is 10.4 Å². The van der Waals surface area contributed by atoms with Gasteiger partial charge < -0.3 is 25.5 Å². The number of carbonyl (C=O) groups is 1. The molecule has 35 heavy (non-hydrogen) atoms. The molecule has 1 atom stereocenters. The molecular formula is C24H25Cl2N7O2. The van der Waals surface area contributed by atoms with Crippen molar-refractivity contribution in [1.29, 1.82) is 0 Å². The van der Waals surface area contributed by atoms with Crippen LogP contribution in [0.25, 0.3) is 0 Å². The molecule has 3 N–H and O–H groups in total. The monoisotopic (exact) mass is 513 g/mol. The van der Waals surface area contributed by atoms with Crippen LogP contribution < -0.4 is 25.3 Å². The number of nitrogens with zero attached hydrogens (tertiary/aromatic N) is 5. The van der Waals surface area contributed by atoms with Crippen molar-refractivity contribution in [2.75, 3.05) is 60.0 Å². The third-order valence-corrected chi connectivity index (χ3v) is 6.79. The number of aliphatic hydroxyl groups is 1. The number of halogens is 2. The molecule has 3 heterocycles. The average molecular weight is 514 g/mol. The number of carbonyl (C=O) groups excluding carboxylic acids is 1. The van der Waals surface area contributed by atoms with Gasteiger partial charge in [-0.15, -0.1) is 0 Å².